The zero-order valence-electron chi connectivity index (χ0n) is 16.3. The van der Waals surface area contributed by atoms with Crippen LogP contribution in [0, 0.1) is 5.92 Å². The normalized spacial score (nSPS) is 12.0. The van der Waals surface area contributed by atoms with Crippen LogP contribution in [0.3, 0.4) is 0 Å². The van der Waals surface area contributed by atoms with Crippen molar-refractivity contribution in [2.45, 2.75) is 31.2 Å². The number of nitrogens with one attached hydrogen (secondary N) is 1. The lowest BCUT2D eigenvalue weighted by Crippen LogP contribution is -2.33. The highest BCUT2D eigenvalue weighted by atomic mass is 32.2. The standard InChI is InChI=1S/C22H24N4OS/c1-15(2)14-23-21(27)16(3)28-22-24-19(17-10-6-4-7-11-17)20(25-26-22)18-12-8-5-9-13-18/h4-13,15-16H,14H2,1-3H3,(H,23,27). The zero-order chi connectivity index (χ0) is 19.9. The lowest BCUT2D eigenvalue weighted by atomic mass is 10.0. The number of carbonyl (C=O) groups excluding carboxylic acids is 1. The predicted octanol–water partition coefficient (Wildman–Crippen LogP) is 4.46. The lowest BCUT2D eigenvalue weighted by Gasteiger charge is -2.13. The first-order valence-corrected chi connectivity index (χ1v) is 10.2. The molecule has 3 rings (SSSR count). The Morgan fingerprint density at radius 2 is 1.46 bits per heavy atom. The van der Waals surface area contributed by atoms with E-state index in [0.717, 1.165) is 22.5 Å². The zero-order valence-corrected chi connectivity index (χ0v) is 17.1. The van der Waals surface area contributed by atoms with Gasteiger partial charge in [0.2, 0.25) is 11.1 Å². The topological polar surface area (TPSA) is 67.8 Å². The van der Waals surface area contributed by atoms with Crippen LogP contribution in [-0.2, 0) is 4.79 Å². The van der Waals surface area contributed by atoms with Gasteiger partial charge in [0.1, 0.15) is 11.4 Å². The molecule has 2 aromatic carbocycles. The van der Waals surface area contributed by atoms with Gasteiger partial charge in [-0.1, -0.05) is 86.3 Å². The van der Waals surface area contributed by atoms with Crippen molar-refractivity contribution in [1.29, 1.82) is 0 Å². The van der Waals surface area contributed by atoms with E-state index in [1.807, 2.05) is 67.6 Å². The number of thioether (sulfide) groups is 1. The Bertz CT molecular complexity index is 916. The molecule has 0 aliphatic carbocycles. The van der Waals surface area contributed by atoms with E-state index in [-0.39, 0.29) is 11.2 Å². The average molecular weight is 393 g/mol. The fourth-order valence-corrected chi connectivity index (χ4v) is 3.35. The van der Waals surface area contributed by atoms with E-state index in [0.29, 0.717) is 17.6 Å². The summed E-state index contributed by atoms with van der Waals surface area (Å²) in [4.78, 5) is 17.0. The molecule has 1 heterocycles. The fourth-order valence-electron chi connectivity index (χ4n) is 2.61. The summed E-state index contributed by atoms with van der Waals surface area (Å²) in [6, 6.07) is 19.8. The van der Waals surface area contributed by atoms with Crippen molar-refractivity contribution in [2.24, 2.45) is 5.92 Å². The summed E-state index contributed by atoms with van der Waals surface area (Å²) in [6.45, 7) is 6.65. The summed E-state index contributed by atoms with van der Waals surface area (Å²) < 4.78 is 0. The Hall–Kier alpha value is -2.73. The van der Waals surface area contributed by atoms with Crippen LogP contribution in [0.1, 0.15) is 20.8 Å². The van der Waals surface area contributed by atoms with E-state index in [9.17, 15) is 4.79 Å². The van der Waals surface area contributed by atoms with Crippen LogP contribution in [0.15, 0.2) is 65.8 Å². The van der Waals surface area contributed by atoms with Crippen LogP contribution in [0.2, 0.25) is 0 Å². The van der Waals surface area contributed by atoms with Gasteiger partial charge in [-0.25, -0.2) is 4.98 Å². The molecule has 0 fully saturated rings. The van der Waals surface area contributed by atoms with E-state index >= 15 is 0 Å². The minimum absolute atomic E-state index is 0.0179. The highest BCUT2D eigenvalue weighted by molar-refractivity contribution is 8.00. The van der Waals surface area contributed by atoms with E-state index in [1.54, 1.807) is 0 Å². The molecule has 1 atom stereocenters. The van der Waals surface area contributed by atoms with Crippen molar-refractivity contribution in [3.63, 3.8) is 0 Å². The van der Waals surface area contributed by atoms with Gasteiger partial charge in [-0.3, -0.25) is 4.79 Å². The molecule has 0 saturated carbocycles. The largest absolute Gasteiger partial charge is 0.355 e. The molecule has 3 aromatic rings. The molecule has 0 bridgehead atoms. The van der Waals surface area contributed by atoms with Crippen LogP contribution in [0.5, 0.6) is 0 Å². The highest BCUT2D eigenvalue weighted by Gasteiger charge is 2.19. The number of hydrogen-bond acceptors (Lipinski definition) is 5. The van der Waals surface area contributed by atoms with Gasteiger partial charge in [0, 0.05) is 17.7 Å². The number of nitrogens with zero attached hydrogens (tertiary/aromatic N) is 3. The molecular weight excluding hydrogens is 368 g/mol. The fraction of sp³-hybridized carbons (Fsp3) is 0.273. The number of benzene rings is 2. The SMILES string of the molecule is CC(C)CNC(=O)C(C)Sc1nnc(-c2ccccc2)c(-c2ccccc2)n1. The molecule has 0 radical (unpaired) electrons. The Morgan fingerprint density at radius 3 is 2.04 bits per heavy atom. The van der Waals surface area contributed by atoms with Crippen molar-refractivity contribution in [1.82, 2.24) is 20.5 Å². The van der Waals surface area contributed by atoms with Crippen molar-refractivity contribution in [3.8, 4) is 22.5 Å². The van der Waals surface area contributed by atoms with E-state index < -0.39 is 0 Å². The average Bonchev–Trinajstić information content (AvgIpc) is 2.73. The molecule has 1 aromatic heterocycles. The molecule has 1 N–H and O–H groups in total. The quantitative estimate of drug-likeness (QED) is 0.601. The molecule has 0 saturated heterocycles. The molecule has 0 spiro atoms. The van der Waals surface area contributed by atoms with Crippen molar-refractivity contribution < 1.29 is 4.79 Å². The summed E-state index contributed by atoms with van der Waals surface area (Å²) >= 11 is 1.32. The smallest absolute Gasteiger partial charge is 0.233 e. The molecule has 1 amide bonds. The van der Waals surface area contributed by atoms with Gasteiger partial charge in [0.25, 0.3) is 0 Å². The molecule has 1 unspecified atom stereocenters. The van der Waals surface area contributed by atoms with Gasteiger partial charge in [-0.2, -0.15) is 0 Å². The summed E-state index contributed by atoms with van der Waals surface area (Å²) in [7, 11) is 0. The highest BCUT2D eigenvalue weighted by Crippen LogP contribution is 2.30. The summed E-state index contributed by atoms with van der Waals surface area (Å²) in [6.07, 6.45) is 0. The maximum Gasteiger partial charge on any atom is 0.233 e. The van der Waals surface area contributed by atoms with E-state index in [4.69, 9.17) is 4.98 Å². The first-order chi connectivity index (χ1) is 13.5. The second kappa shape index (κ2) is 9.46. The van der Waals surface area contributed by atoms with Crippen molar-refractivity contribution in [2.75, 3.05) is 6.54 Å². The third kappa shape index (κ3) is 5.16. The maximum atomic E-state index is 12.3. The summed E-state index contributed by atoms with van der Waals surface area (Å²) in [5, 5.41) is 11.9. The minimum atomic E-state index is -0.299. The van der Waals surface area contributed by atoms with Gasteiger partial charge in [0.15, 0.2) is 0 Å². The third-order valence-electron chi connectivity index (χ3n) is 4.10. The number of hydrogen-bond donors (Lipinski definition) is 1. The van der Waals surface area contributed by atoms with Crippen LogP contribution in [0.25, 0.3) is 22.5 Å². The van der Waals surface area contributed by atoms with E-state index in [2.05, 4.69) is 29.4 Å². The second-order valence-corrected chi connectivity index (χ2v) is 8.23. The van der Waals surface area contributed by atoms with Crippen molar-refractivity contribution in [3.05, 3.63) is 60.7 Å². The number of amides is 1. The van der Waals surface area contributed by atoms with Crippen LogP contribution in [0.4, 0.5) is 0 Å². The minimum Gasteiger partial charge on any atom is -0.355 e. The second-order valence-electron chi connectivity index (χ2n) is 6.92. The number of rotatable bonds is 7. The van der Waals surface area contributed by atoms with Crippen LogP contribution < -0.4 is 5.32 Å². The van der Waals surface area contributed by atoms with Gasteiger partial charge >= 0.3 is 0 Å². The van der Waals surface area contributed by atoms with Gasteiger partial charge in [-0.15, -0.1) is 10.2 Å². The molecule has 144 valence electrons. The molecule has 0 aliphatic heterocycles. The Kier molecular flexibility index (Phi) is 6.76. The molecule has 5 nitrogen and oxygen atoms in total. The maximum absolute atomic E-state index is 12.3. The van der Waals surface area contributed by atoms with Crippen molar-refractivity contribution >= 4 is 17.7 Å². The van der Waals surface area contributed by atoms with E-state index in [1.165, 1.54) is 11.8 Å². The molecule has 6 heteroatoms. The Balaban J connectivity index is 1.89. The van der Waals surface area contributed by atoms with Gasteiger partial charge < -0.3 is 5.32 Å². The summed E-state index contributed by atoms with van der Waals surface area (Å²) in [5.41, 5.74) is 3.42. The monoisotopic (exact) mass is 392 g/mol. The Morgan fingerprint density at radius 1 is 0.893 bits per heavy atom. The predicted molar refractivity (Wildman–Crippen MR) is 114 cm³/mol. The molecular formula is C22H24N4OS. The first-order valence-electron chi connectivity index (χ1n) is 9.34. The van der Waals surface area contributed by atoms with Gasteiger partial charge in [-0.05, 0) is 12.8 Å². The molecule has 0 aliphatic rings. The van der Waals surface area contributed by atoms with Crippen LogP contribution in [-0.4, -0.2) is 32.9 Å². The third-order valence-corrected chi connectivity index (χ3v) is 5.05. The first kappa shape index (κ1) is 20.0. The number of aromatic nitrogens is 3. The lowest BCUT2D eigenvalue weighted by molar-refractivity contribution is -0.120. The van der Waals surface area contributed by atoms with Crippen LogP contribution >= 0.6 is 11.8 Å². The summed E-state index contributed by atoms with van der Waals surface area (Å²) in [5.74, 6) is 0.393. The Labute approximate surface area is 170 Å². The number of carbonyl (C=O) groups is 1. The molecule has 28 heavy (non-hydrogen) atoms. The van der Waals surface area contributed by atoms with Gasteiger partial charge in [0.05, 0.1) is 5.25 Å².